The Morgan fingerprint density at radius 2 is 1.84 bits per heavy atom. The highest BCUT2D eigenvalue weighted by Gasteiger charge is 2.74. The molecule has 18 nitrogen and oxygen atoms in total. The highest BCUT2D eigenvalue weighted by Crippen LogP contribution is 2.69. The van der Waals surface area contributed by atoms with Crippen LogP contribution in [0.4, 0.5) is 8.78 Å². The van der Waals surface area contributed by atoms with Gasteiger partial charge in [0.15, 0.2) is 30.1 Å². The minimum absolute atomic E-state index is 0.173. The van der Waals surface area contributed by atoms with Crippen molar-refractivity contribution in [1.29, 1.82) is 0 Å². The van der Waals surface area contributed by atoms with Crippen molar-refractivity contribution < 1.29 is 76.3 Å². The van der Waals surface area contributed by atoms with Gasteiger partial charge in [-0.2, -0.15) is 4.31 Å². The number of rotatable bonds is 11. The van der Waals surface area contributed by atoms with Crippen LogP contribution >= 0.6 is 26.9 Å². The van der Waals surface area contributed by atoms with Gasteiger partial charge < -0.3 is 45.0 Å². The Morgan fingerprint density at radius 1 is 1.19 bits per heavy atom. The van der Waals surface area contributed by atoms with Crippen LogP contribution in [0.25, 0.3) is 0 Å². The van der Waals surface area contributed by atoms with Gasteiger partial charge in [0.05, 0.1) is 36.8 Å². The lowest BCUT2D eigenvalue weighted by molar-refractivity contribution is -0.427. The molecule has 0 amide bonds. The number of hydrogen-bond donors (Lipinski definition) is 9. The van der Waals surface area contributed by atoms with Crippen LogP contribution in [-0.4, -0.2) is 106 Å². The SMILES string of the molecule is O=c1ccn([C@@H]2O[C@](F)(COP(=O)(S)OP(=O)(O)OC3OC4(O)C3C(O)C(O)C4[C@@H](O)CO)[C@@H](O)[C@]2(F)C2CC2)c(=O)[nH]1. The fraction of sp³-hybridized carbons (Fsp3) is 0.800. The number of aromatic amines is 1. The zero-order chi connectivity index (χ0) is 31.9. The van der Waals surface area contributed by atoms with Crippen molar-refractivity contribution in [2.75, 3.05) is 13.2 Å². The van der Waals surface area contributed by atoms with Crippen LogP contribution in [0.5, 0.6) is 0 Å². The third kappa shape index (κ3) is 5.61. The van der Waals surface area contributed by atoms with E-state index in [2.05, 4.69) is 25.6 Å². The number of nitrogens with zero attached hydrogens (tertiary/aromatic N) is 1. The summed E-state index contributed by atoms with van der Waals surface area (Å²) in [6, 6.07) is 0.820. The lowest BCUT2D eigenvalue weighted by atomic mass is 9.86. The van der Waals surface area contributed by atoms with Crippen molar-refractivity contribution in [3.05, 3.63) is 33.1 Å². The van der Waals surface area contributed by atoms with Crippen molar-refractivity contribution in [3.8, 4) is 0 Å². The zero-order valence-corrected chi connectivity index (χ0v) is 24.2. The summed E-state index contributed by atoms with van der Waals surface area (Å²) in [5.74, 6) is -10.4. The van der Waals surface area contributed by atoms with Gasteiger partial charge in [0, 0.05) is 18.2 Å². The fourth-order valence-electron chi connectivity index (χ4n) is 5.77. The molecule has 5 rings (SSSR count). The fourth-order valence-corrected chi connectivity index (χ4v) is 8.93. The molecule has 244 valence electrons. The molecule has 3 heterocycles. The second-order valence-electron chi connectivity index (χ2n) is 10.7. The van der Waals surface area contributed by atoms with Crippen LogP contribution < -0.4 is 11.2 Å². The number of thiol groups is 1. The molecule has 8 N–H and O–H groups in total. The largest absolute Gasteiger partial charge is 0.482 e. The Labute approximate surface area is 244 Å². The summed E-state index contributed by atoms with van der Waals surface area (Å²) in [6.07, 6.45) is -11.2. The number of phosphoric ester groups is 1. The number of fused-ring (bicyclic) bond motifs is 1. The van der Waals surface area contributed by atoms with Gasteiger partial charge in [-0.3, -0.25) is 23.4 Å². The molecule has 4 fully saturated rings. The standard InChI is InChI=1S/C20H28F2N2O16P2S/c21-18(15(30)19(22,7-1-2-7)16(38-18)24-4-3-9(27)23-17(24)31)6-36-42(35,43)40-41(33,34)39-14-11-13(29)12(28)10(8(26)5-25)20(11,32)37-14/h3-4,7-8,10-16,25-26,28-30,32H,1-2,5-6H2,(H,33,34)(H,35,43)(H,23,27,31)/t8-,10?,11?,12?,13?,14?,15+,16+,18+,19+,20?,42?/m0/s1. The van der Waals surface area contributed by atoms with Gasteiger partial charge in [-0.15, -0.1) is 0 Å². The Kier molecular flexibility index (Phi) is 8.50. The maximum absolute atomic E-state index is 16.1. The maximum Gasteiger partial charge on any atom is 0.482 e. The molecule has 2 aliphatic carbocycles. The molecule has 2 aliphatic heterocycles. The summed E-state index contributed by atoms with van der Waals surface area (Å²) in [6.45, 7) is -7.74. The minimum Gasteiger partial charge on any atom is -0.394 e. The molecular weight excluding hydrogens is 656 g/mol. The van der Waals surface area contributed by atoms with Gasteiger partial charge >= 0.3 is 20.3 Å². The number of alkyl halides is 2. The molecule has 0 bridgehead atoms. The quantitative estimate of drug-likeness (QED) is 0.0881. The molecule has 43 heavy (non-hydrogen) atoms. The highest BCUT2D eigenvalue weighted by atomic mass is 32.7. The van der Waals surface area contributed by atoms with Crippen LogP contribution in [0.3, 0.4) is 0 Å². The molecule has 0 radical (unpaired) electrons. The Morgan fingerprint density at radius 3 is 2.42 bits per heavy atom. The monoisotopic (exact) mass is 684 g/mol. The van der Waals surface area contributed by atoms with Gasteiger partial charge in [0.25, 0.3) is 11.4 Å². The first-order chi connectivity index (χ1) is 19.8. The third-order valence-electron chi connectivity index (χ3n) is 7.93. The molecule has 0 spiro atoms. The van der Waals surface area contributed by atoms with Crippen LogP contribution in [-0.2, 0) is 32.0 Å². The second kappa shape index (κ2) is 11.0. The highest BCUT2D eigenvalue weighted by molar-refractivity contribution is 8.45. The number of aromatic nitrogens is 2. The van der Waals surface area contributed by atoms with E-state index in [4.69, 9.17) is 14.6 Å². The van der Waals surface area contributed by atoms with Crippen molar-refractivity contribution in [3.63, 3.8) is 0 Å². The second-order valence-corrected chi connectivity index (χ2v) is 15.2. The van der Waals surface area contributed by atoms with Gasteiger partial charge in [-0.1, -0.05) is 12.2 Å². The van der Waals surface area contributed by atoms with E-state index in [1.165, 1.54) is 0 Å². The number of aliphatic hydroxyl groups excluding tert-OH is 5. The van der Waals surface area contributed by atoms with Crippen LogP contribution in [0.2, 0.25) is 0 Å². The predicted octanol–water partition coefficient (Wildman–Crippen LogP) is -2.24. The van der Waals surface area contributed by atoms with E-state index in [1.54, 1.807) is 0 Å². The summed E-state index contributed by atoms with van der Waals surface area (Å²) in [4.78, 5) is 35.6. The average Bonchev–Trinajstić information content (AvgIpc) is 3.70. The molecule has 1 aromatic rings. The van der Waals surface area contributed by atoms with Crippen molar-refractivity contribution in [2.45, 2.75) is 67.1 Å². The molecule has 1 aromatic heterocycles. The maximum atomic E-state index is 16.1. The van der Waals surface area contributed by atoms with E-state index in [1.807, 2.05) is 4.98 Å². The van der Waals surface area contributed by atoms with Gasteiger partial charge in [-0.25, -0.2) is 22.7 Å². The summed E-state index contributed by atoms with van der Waals surface area (Å²) in [5.41, 5.74) is -4.99. The smallest absolute Gasteiger partial charge is 0.394 e. The molecule has 2 saturated carbocycles. The first-order valence-corrected chi connectivity index (χ1v) is 16.8. The first-order valence-electron chi connectivity index (χ1n) is 12.6. The minimum atomic E-state index is -5.60. The number of H-pyrrole nitrogens is 1. The van der Waals surface area contributed by atoms with E-state index in [-0.39, 0.29) is 12.8 Å². The van der Waals surface area contributed by atoms with Gasteiger partial charge in [0.2, 0.25) is 0 Å². The molecule has 13 atom stereocenters. The number of nitrogens with one attached hydrogen (secondary N) is 1. The number of aliphatic hydroxyl groups is 6. The third-order valence-corrected chi connectivity index (χ3v) is 11.5. The number of ether oxygens (including phenoxy) is 2. The number of phosphoric acid groups is 1. The molecule has 8 unspecified atom stereocenters. The molecule has 0 aromatic carbocycles. The summed E-state index contributed by atoms with van der Waals surface area (Å²) >= 11 is 3.45. The molecular formula is C20H28F2N2O16P2S. The van der Waals surface area contributed by atoms with Gasteiger partial charge in [0.1, 0.15) is 6.61 Å². The topological polar surface area (TPSA) is 277 Å². The van der Waals surface area contributed by atoms with Crippen LogP contribution in [0.15, 0.2) is 21.9 Å². The van der Waals surface area contributed by atoms with Crippen molar-refractivity contribution >= 4 is 26.9 Å². The van der Waals surface area contributed by atoms with E-state index in [0.717, 1.165) is 12.3 Å². The summed E-state index contributed by atoms with van der Waals surface area (Å²) in [5, 5.41) is 60.6. The van der Waals surface area contributed by atoms with Crippen LogP contribution in [0, 0.1) is 17.8 Å². The summed E-state index contributed by atoms with van der Waals surface area (Å²) in [7, 11) is -5.60. The Hall–Kier alpha value is -1.13. The Bertz CT molecular complexity index is 1470. The van der Waals surface area contributed by atoms with E-state index in [9.17, 15) is 49.1 Å². The van der Waals surface area contributed by atoms with E-state index >= 15 is 8.78 Å². The first kappa shape index (κ1) is 33.2. The lowest BCUT2D eigenvalue weighted by Crippen LogP contribution is -2.64. The van der Waals surface area contributed by atoms with Crippen LogP contribution in [0.1, 0.15) is 19.1 Å². The molecule has 23 heteroatoms. The van der Waals surface area contributed by atoms with Crippen molar-refractivity contribution in [2.24, 2.45) is 17.8 Å². The predicted molar refractivity (Wildman–Crippen MR) is 134 cm³/mol. The number of halogens is 2. The van der Waals surface area contributed by atoms with Crippen molar-refractivity contribution in [1.82, 2.24) is 9.55 Å². The lowest BCUT2D eigenvalue weighted by Gasteiger charge is -2.49. The number of hydrogen-bond acceptors (Lipinski definition) is 15. The molecule has 4 aliphatic rings. The van der Waals surface area contributed by atoms with E-state index in [0.29, 0.717) is 4.57 Å². The Balaban J connectivity index is 1.26. The zero-order valence-electron chi connectivity index (χ0n) is 21.5. The summed E-state index contributed by atoms with van der Waals surface area (Å²) < 4.78 is 81.4. The van der Waals surface area contributed by atoms with E-state index < -0.39 is 111 Å². The molecule has 2 saturated heterocycles. The van der Waals surface area contributed by atoms with Gasteiger partial charge in [-0.05, 0) is 12.8 Å². The average molecular weight is 684 g/mol. The normalized spacial score (nSPS) is 44.3.